The quantitative estimate of drug-likeness (QED) is 0.135. The molecule has 0 saturated heterocycles. The molecule has 4 rings (SSSR count). The Kier molecular flexibility index (Phi) is 8.80. The molecule has 0 saturated carbocycles. The number of hydrogen-bond donors (Lipinski definition) is 0. The number of Topliss-reactive ketones (excluding diaryl/α,β-unsaturated/α-hetero) is 2. The van der Waals surface area contributed by atoms with Crippen molar-refractivity contribution in [2.24, 2.45) is 0 Å². The standard InChI is InChI=1S/C12H9BrClNO.C12H8ClN3O/c13-6-11(16)4-8-1-2-12-9(3-8)5-10(14)7-15-12;13-10-5-9-3-8(4-11(17)7-16-14)1-2-12(9)15-6-10/h1-3,5,7H,4,6H2;1-3,5-7H,4H2. The van der Waals surface area contributed by atoms with Crippen molar-refractivity contribution < 1.29 is 14.4 Å². The summed E-state index contributed by atoms with van der Waals surface area (Å²) >= 11 is 14.9. The fourth-order valence-electron chi connectivity index (χ4n) is 3.11. The summed E-state index contributed by atoms with van der Waals surface area (Å²) in [5.41, 5.74) is 11.8. The van der Waals surface area contributed by atoms with E-state index >= 15 is 0 Å². The maximum absolute atomic E-state index is 11.3. The van der Waals surface area contributed by atoms with Gasteiger partial charge in [-0.05, 0) is 47.5 Å². The molecule has 0 amide bonds. The van der Waals surface area contributed by atoms with Crippen molar-refractivity contribution in [3.63, 3.8) is 0 Å². The highest BCUT2D eigenvalue weighted by atomic mass is 79.9. The molecule has 4 aromatic rings. The minimum absolute atomic E-state index is 0.161. The summed E-state index contributed by atoms with van der Waals surface area (Å²) in [6.45, 7) is 0. The lowest BCUT2D eigenvalue weighted by Crippen LogP contribution is -2.04. The van der Waals surface area contributed by atoms with Gasteiger partial charge in [0.15, 0.2) is 0 Å². The summed E-state index contributed by atoms with van der Waals surface area (Å²) in [7, 11) is 0. The Bertz CT molecular complexity index is 1390. The number of aromatic nitrogens is 2. The van der Waals surface area contributed by atoms with Gasteiger partial charge < -0.3 is 5.53 Å². The van der Waals surface area contributed by atoms with Crippen LogP contribution in [0.3, 0.4) is 0 Å². The molecule has 9 heteroatoms. The molecule has 33 heavy (non-hydrogen) atoms. The highest BCUT2D eigenvalue weighted by Gasteiger charge is 2.06. The first-order valence-corrected chi connectivity index (χ1v) is 11.6. The Labute approximate surface area is 208 Å². The van der Waals surface area contributed by atoms with Crippen LogP contribution in [0.15, 0.2) is 60.9 Å². The van der Waals surface area contributed by atoms with Gasteiger partial charge in [-0.2, -0.15) is 4.79 Å². The van der Waals surface area contributed by atoms with Gasteiger partial charge in [-0.15, -0.1) is 0 Å². The molecule has 0 aliphatic heterocycles. The first-order chi connectivity index (χ1) is 15.9. The smallest absolute Gasteiger partial charge is 0.323 e. The molecular formula is C24H17BrCl2N4O2. The van der Waals surface area contributed by atoms with E-state index in [1.165, 1.54) is 0 Å². The number of hydrogen-bond acceptors (Lipinski definition) is 4. The molecule has 6 nitrogen and oxygen atoms in total. The number of halogens is 3. The molecule has 0 atom stereocenters. The van der Waals surface area contributed by atoms with Crippen LogP contribution in [0.5, 0.6) is 0 Å². The Morgan fingerprint density at radius 1 is 0.879 bits per heavy atom. The Hall–Kier alpha value is -2.96. The zero-order valence-electron chi connectivity index (χ0n) is 17.2. The summed E-state index contributed by atoms with van der Waals surface area (Å²) in [4.78, 5) is 33.6. The van der Waals surface area contributed by atoms with Crippen LogP contribution in [-0.2, 0) is 22.4 Å². The van der Waals surface area contributed by atoms with Crippen molar-refractivity contribution >= 4 is 78.7 Å². The van der Waals surface area contributed by atoms with Gasteiger partial charge in [0.05, 0.1) is 26.4 Å². The number of carbonyl (C=O) groups excluding carboxylic acids is 2. The third-order valence-corrected chi connectivity index (χ3v) is 5.59. The zero-order valence-corrected chi connectivity index (χ0v) is 20.3. The Morgan fingerprint density at radius 2 is 1.39 bits per heavy atom. The Morgan fingerprint density at radius 3 is 1.88 bits per heavy atom. The van der Waals surface area contributed by atoms with Crippen LogP contribution in [0.25, 0.3) is 27.3 Å². The lowest BCUT2D eigenvalue weighted by molar-refractivity contribution is -0.116. The zero-order chi connectivity index (χ0) is 23.8. The molecule has 2 aromatic heterocycles. The monoisotopic (exact) mass is 542 g/mol. The van der Waals surface area contributed by atoms with Crippen LogP contribution in [-0.4, -0.2) is 37.9 Å². The minimum Gasteiger partial charge on any atom is -0.361 e. The van der Waals surface area contributed by atoms with Gasteiger partial charge in [0.2, 0.25) is 5.78 Å². The second-order valence-corrected chi connectivity index (χ2v) is 8.53. The number of fused-ring (bicyclic) bond motifs is 2. The molecule has 0 spiro atoms. The van der Waals surface area contributed by atoms with Gasteiger partial charge >= 0.3 is 6.21 Å². The van der Waals surface area contributed by atoms with Gasteiger partial charge in [-0.1, -0.05) is 51.3 Å². The van der Waals surface area contributed by atoms with Crippen molar-refractivity contribution in [3.8, 4) is 0 Å². The molecule has 0 bridgehead atoms. The largest absolute Gasteiger partial charge is 0.361 e. The topological polar surface area (TPSA) is 96.3 Å². The molecule has 2 aromatic carbocycles. The first kappa shape index (κ1) is 24.7. The summed E-state index contributed by atoms with van der Waals surface area (Å²) in [5, 5.41) is 3.39. The van der Waals surface area contributed by atoms with Gasteiger partial charge in [0.25, 0.3) is 0 Å². The van der Waals surface area contributed by atoms with Crippen molar-refractivity contribution in [2.75, 3.05) is 5.33 Å². The Balaban J connectivity index is 0.000000186. The number of pyridine rings is 2. The van der Waals surface area contributed by atoms with Crippen molar-refractivity contribution in [3.05, 3.63) is 87.6 Å². The van der Waals surface area contributed by atoms with Gasteiger partial charge in [0.1, 0.15) is 5.78 Å². The average molecular weight is 544 g/mol. The van der Waals surface area contributed by atoms with Crippen molar-refractivity contribution in [1.82, 2.24) is 9.97 Å². The van der Waals surface area contributed by atoms with E-state index in [4.69, 9.17) is 28.7 Å². The van der Waals surface area contributed by atoms with Crippen molar-refractivity contribution in [1.29, 1.82) is 0 Å². The number of nitrogens with zero attached hydrogens (tertiary/aromatic N) is 4. The molecule has 0 aliphatic carbocycles. The lowest BCUT2D eigenvalue weighted by Gasteiger charge is -2.02. The molecule has 0 radical (unpaired) electrons. The van der Waals surface area contributed by atoms with Crippen LogP contribution in [0.1, 0.15) is 11.1 Å². The van der Waals surface area contributed by atoms with E-state index in [0.29, 0.717) is 21.8 Å². The third-order valence-electron chi connectivity index (χ3n) is 4.56. The number of rotatable bonds is 6. The third kappa shape index (κ3) is 7.27. The fourth-order valence-corrected chi connectivity index (χ4v) is 3.65. The summed E-state index contributed by atoms with van der Waals surface area (Å²) in [6.07, 6.45) is 4.71. The van der Waals surface area contributed by atoms with Gasteiger partial charge in [-0.25, -0.2) is 0 Å². The predicted octanol–water partition coefficient (Wildman–Crippen LogP) is 5.70. The van der Waals surface area contributed by atoms with E-state index < -0.39 is 0 Å². The van der Waals surface area contributed by atoms with Crippen molar-refractivity contribution in [2.45, 2.75) is 12.8 Å². The van der Waals surface area contributed by atoms with E-state index in [9.17, 15) is 9.59 Å². The number of ketones is 2. The van der Waals surface area contributed by atoms with E-state index in [2.05, 4.69) is 30.7 Å². The normalized spacial score (nSPS) is 10.3. The van der Waals surface area contributed by atoms with Gasteiger partial charge in [-0.3, -0.25) is 19.6 Å². The van der Waals surface area contributed by atoms with Crippen LogP contribution >= 0.6 is 39.1 Å². The SMILES string of the molecule is O=C(CBr)Cc1ccc2ncc(Cl)cc2c1.[N-]=[N+]=CC(=O)Cc1ccc2ncc(Cl)cc2c1. The van der Waals surface area contributed by atoms with Crippen LogP contribution in [0.4, 0.5) is 0 Å². The number of benzene rings is 2. The predicted molar refractivity (Wildman–Crippen MR) is 134 cm³/mol. The van der Waals surface area contributed by atoms with E-state index in [1.807, 2.05) is 42.5 Å². The summed E-state index contributed by atoms with van der Waals surface area (Å²) in [6, 6.07) is 14.9. The second-order valence-electron chi connectivity index (χ2n) is 7.10. The molecule has 0 fully saturated rings. The molecular weight excluding hydrogens is 527 g/mol. The number of carbonyl (C=O) groups is 2. The van der Waals surface area contributed by atoms with Crippen LogP contribution in [0.2, 0.25) is 10.0 Å². The molecule has 0 unspecified atom stereocenters. The van der Waals surface area contributed by atoms with Gasteiger partial charge in [0, 0.05) is 36.0 Å². The second kappa shape index (κ2) is 11.8. The molecule has 0 N–H and O–H groups in total. The molecule has 166 valence electrons. The summed E-state index contributed by atoms with van der Waals surface area (Å²) < 4.78 is 0. The highest BCUT2D eigenvalue weighted by molar-refractivity contribution is 9.09. The minimum atomic E-state index is -0.262. The highest BCUT2D eigenvalue weighted by Crippen LogP contribution is 2.19. The average Bonchev–Trinajstić information content (AvgIpc) is 2.79. The lowest BCUT2D eigenvalue weighted by atomic mass is 10.1. The molecule has 2 heterocycles. The fraction of sp³-hybridized carbons (Fsp3) is 0.125. The van der Waals surface area contributed by atoms with E-state index in [-0.39, 0.29) is 18.0 Å². The first-order valence-electron chi connectivity index (χ1n) is 9.74. The van der Waals surface area contributed by atoms with E-state index in [1.54, 1.807) is 18.5 Å². The van der Waals surface area contributed by atoms with E-state index in [0.717, 1.165) is 39.1 Å². The van der Waals surface area contributed by atoms with Crippen LogP contribution in [0, 0.1) is 0 Å². The van der Waals surface area contributed by atoms with Crippen LogP contribution < -0.4 is 0 Å². The maximum Gasteiger partial charge on any atom is 0.323 e. The molecule has 0 aliphatic rings. The summed E-state index contributed by atoms with van der Waals surface area (Å²) in [5.74, 6) is -0.101. The maximum atomic E-state index is 11.3. The number of alkyl halides is 1.